The highest BCUT2D eigenvalue weighted by molar-refractivity contribution is 5.83. The molecule has 1 aliphatic carbocycles. The third kappa shape index (κ3) is 2.79. The number of piperidine rings is 1. The summed E-state index contributed by atoms with van der Waals surface area (Å²) >= 11 is 0. The molecule has 1 saturated carbocycles. The Labute approximate surface area is 123 Å². The van der Waals surface area contributed by atoms with Gasteiger partial charge in [0.2, 0.25) is 5.91 Å². The lowest BCUT2D eigenvalue weighted by Crippen LogP contribution is -2.48. The maximum atomic E-state index is 13.3. The summed E-state index contributed by atoms with van der Waals surface area (Å²) in [6, 6.07) is 4.06. The fraction of sp³-hybridized carbons (Fsp3) is 0.562. The topological polar surface area (TPSA) is 46.3 Å². The number of benzene rings is 1. The monoisotopic (exact) mass is 294 g/mol. The first-order valence-corrected chi connectivity index (χ1v) is 7.57. The van der Waals surface area contributed by atoms with Crippen molar-refractivity contribution in [1.82, 2.24) is 4.90 Å². The first-order chi connectivity index (χ1) is 10.1. The summed E-state index contributed by atoms with van der Waals surface area (Å²) in [5.74, 6) is -1.64. The molecule has 1 aliphatic heterocycles. The Hall–Kier alpha value is -1.49. The molecule has 3 atom stereocenters. The first-order valence-electron chi connectivity index (χ1n) is 7.57. The lowest BCUT2D eigenvalue weighted by Gasteiger charge is -2.35. The van der Waals surface area contributed by atoms with Crippen LogP contribution < -0.4 is 5.73 Å². The van der Waals surface area contributed by atoms with Gasteiger partial charge in [0.25, 0.3) is 0 Å². The van der Waals surface area contributed by atoms with Crippen LogP contribution in [0.2, 0.25) is 0 Å². The maximum absolute atomic E-state index is 13.3. The smallest absolute Gasteiger partial charge is 0.226 e. The quantitative estimate of drug-likeness (QED) is 0.930. The highest BCUT2D eigenvalue weighted by atomic mass is 19.2. The average molecular weight is 294 g/mol. The standard InChI is InChI=1S/C16H20F2N2O/c17-14-5-4-10(7-15(14)18)12-8-13(12)16(21)20-6-2-1-3-11(20)9-19/h4-5,7,11-13H,1-3,6,8-9,19H2. The third-order valence-corrected chi connectivity index (χ3v) is 4.66. The number of halogens is 2. The van der Waals surface area contributed by atoms with Gasteiger partial charge in [-0.05, 0) is 49.3 Å². The second-order valence-electron chi connectivity index (χ2n) is 6.04. The number of amides is 1. The summed E-state index contributed by atoms with van der Waals surface area (Å²) in [7, 11) is 0. The molecule has 1 aromatic rings. The van der Waals surface area contributed by atoms with Crippen molar-refractivity contribution in [3.63, 3.8) is 0 Å². The number of likely N-dealkylation sites (tertiary alicyclic amines) is 1. The van der Waals surface area contributed by atoms with Gasteiger partial charge in [0.05, 0.1) is 0 Å². The molecule has 1 saturated heterocycles. The van der Waals surface area contributed by atoms with Crippen LogP contribution >= 0.6 is 0 Å². The number of hydrogen-bond donors (Lipinski definition) is 1. The van der Waals surface area contributed by atoms with Gasteiger partial charge >= 0.3 is 0 Å². The van der Waals surface area contributed by atoms with E-state index < -0.39 is 11.6 Å². The predicted octanol–water partition coefficient (Wildman–Crippen LogP) is 2.41. The van der Waals surface area contributed by atoms with Crippen molar-refractivity contribution in [3.8, 4) is 0 Å². The molecule has 3 rings (SSSR count). The van der Waals surface area contributed by atoms with Crippen LogP contribution in [-0.4, -0.2) is 29.9 Å². The van der Waals surface area contributed by atoms with Crippen molar-refractivity contribution in [2.45, 2.75) is 37.6 Å². The molecule has 2 N–H and O–H groups in total. The van der Waals surface area contributed by atoms with Crippen molar-refractivity contribution < 1.29 is 13.6 Å². The van der Waals surface area contributed by atoms with Crippen LogP contribution in [0.15, 0.2) is 18.2 Å². The summed E-state index contributed by atoms with van der Waals surface area (Å²) in [4.78, 5) is 14.5. The minimum absolute atomic E-state index is 0.0213. The first kappa shape index (κ1) is 14.4. The molecule has 1 amide bonds. The van der Waals surface area contributed by atoms with Gasteiger partial charge in [0, 0.05) is 25.0 Å². The van der Waals surface area contributed by atoms with E-state index in [9.17, 15) is 13.6 Å². The van der Waals surface area contributed by atoms with Crippen molar-refractivity contribution in [3.05, 3.63) is 35.4 Å². The number of carbonyl (C=O) groups is 1. The van der Waals surface area contributed by atoms with Crippen LogP contribution in [0.1, 0.15) is 37.2 Å². The van der Waals surface area contributed by atoms with E-state index in [1.54, 1.807) is 6.07 Å². The van der Waals surface area contributed by atoms with E-state index in [1.165, 1.54) is 6.07 Å². The zero-order valence-corrected chi connectivity index (χ0v) is 11.9. The van der Waals surface area contributed by atoms with Crippen molar-refractivity contribution in [2.75, 3.05) is 13.1 Å². The molecule has 3 unspecified atom stereocenters. The molecule has 5 heteroatoms. The molecule has 2 aliphatic rings. The van der Waals surface area contributed by atoms with E-state index in [0.717, 1.165) is 38.3 Å². The second kappa shape index (κ2) is 5.72. The molecule has 0 spiro atoms. The van der Waals surface area contributed by atoms with Gasteiger partial charge in [-0.2, -0.15) is 0 Å². The van der Waals surface area contributed by atoms with E-state index in [2.05, 4.69) is 0 Å². The summed E-state index contributed by atoms with van der Waals surface area (Å²) in [6.45, 7) is 1.26. The number of rotatable bonds is 3. The van der Waals surface area contributed by atoms with Crippen LogP contribution in [0.5, 0.6) is 0 Å². The second-order valence-corrected chi connectivity index (χ2v) is 6.04. The molecule has 2 fully saturated rings. The van der Waals surface area contributed by atoms with E-state index in [0.29, 0.717) is 12.1 Å². The normalized spacial score (nSPS) is 28.5. The van der Waals surface area contributed by atoms with Gasteiger partial charge in [-0.3, -0.25) is 4.79 Å². The van der Waals surface area contributed by atoms with E-state index >= 15 is 0 Å². The molecular weight excluding hydrogens is 274 g/mol. The van der Waals surface area contributed by atoms with Crippen LogP contribution in [0.3, 0.4) is 0 Å². The Bertz CT molecular complexity index is 549. The van der Waals surface area contributed by atoms with Crippen molar-refractivity contribution in [1.29, 1.82) is 0 Å². The average Bonchev–Trinajstić information content (AvgIpc) is 3.30. The van der Waals surface area contributed by atoms with Gasteiger partial charge in [-0.15, -0.1) is 0 Å². The Morgan fingerprint density at radius 3 is 2.81 bits per heavy atom. The fourth-order valence-corrected chi connectivity index (χ4v) is 3.33. The maximum Gasteiger partial charge on any atom is 0.226 e. The van der Waals surface area contributed by atoms with Crippen LogP contribution in [0, 0.1) is 17.6 Å². The zero-order chi connectivity index (χ0) is 15.0. The Kier molecular flexibility index (Phi) is 3.93. The minimum atomic E-state index is -0.846. The van der Waals surface area contributed by atoms with Gasteiger partial charge in [0.15, 0.2) is 11.6 Å². The summed E-state index contributed by atoms with van der Waals surface area (Å²) in [5.41, 5.74) is 6.47. The van der Waals surface area contributed by atoms with Gasteiger partial charge < -0.3 is 10.6 Å². The zero-order valence-electron chi connectivity index (χ0n) is 11.9. The van der Waals surface area contributed by atoms with Gasteiger partial charge in [-0.25, -0.2) is 8.78 Å². The van der Waals surface area contributed by atoms with Crippen LogP contribution in [-0.2, 0) is 4.79 Å². The van der Waals surface area contributed by atoms with Crippen molar-refractivity contribution >= 4 is 5.91 Å². The number of hydrogen-bond acceptors (Lipinski definition) is 2. The highest BCUT2D eigenvalue weighted by Crippen LogP contribution is 2.49. The molecule has 1 aromatic carbocycles. The molecule has 0 bridgehead atoms. The molecule has 114 valence electrons. The number of nitrogens with zero attached hydrogens (tertiary/aromatic N) is 1. The molecular formula is C16H20F2N2O. The SMILES string of the molecule is NCC1CCCCN1C(=O)C1CC1c1ccc(F)c(F)c1. The Balaban J connectivity index is 1.69. The Morgan fingerprint density at radius 1 is 1.29 bits per heavy atom. The fourth-order valence-electron chi connectivity index (χ4n) is 3.33. The van der Waals surface area contributed by atoms with Gasteiger partial charge in [0.1, 0.15) is 0 Å². The van der Waals surface area contributed by atoms with Crippen molar-refractivity contribution in [2.24, 2.45) is 11.7 Å². The van der Waals surface area contributed by atoms with E-state index in [4.69, 9.17) is 5.73 Å². The molecule has 1 heterocycles. The van der Waals surface area contributed by atoms with Crippen LogP contribution in [0.4, 0.5) is 8.78 Å². The van der Waals surface area contributed by atoms with E-state index in [-0.39, 0.29) is 23.8 Å². The molecule has 21 heavy (non-hydrogen) atoms. The third-order valence-electron chi connectivity index (χ3n) is 4.66. The van der Waals surface area contributed by atoms with E-state index in [1.807, 2.05) is 4.90 Å². The molecule has 0 radical (unpaired) electrons. The lowest BCUT2D eigenvalue weighted by atomic mass is 10.0. The molecule has 0 aromatic heterocycles. The number of carbonyl (C=O) groups excluding carboxylic acids is 1. The highest BCUT2D eigenvalue weighted by Gasteiger charge is 2.47. The Morgan fingerprint density at radius 2 is 2.10 bits per heavy atom. The van der Waals surface area contributed by atoms with Crippen LogP contribution in [0.25, 0.3) is 0 Å². The van der Waals surface area contributed by atoms with Gasteiger partial charge in [-0.1, -0.05) is 6.07 Å². The summed E-state index contributed by atoms with van der Waals surface area (Å²) in [6.07, 6.45) is 3.82. The largest absolute Gasteiger partial charge is 0.338 e. The minimum Gasteiger partial charge on any atom is -0.338 e. The molecule has 3 nitrogen and oxygen atoms in total. The number of nitrogens with two attached hydrogens (primary N) is 1. The summed E-state index contributed by atoms with van der Waals surface area (Å²) < 4.78 is 26.2. The predicted molar refractivity (Wildman–Crippen MR) is 75.6 cm³/mol. The summed E-state index contributed by atoms with van der Waals surface area (Å²) in [5, 5.41) is 0. The lowest BCUT2D eigenvalue weighted by molar-refractivity contribution is -0.136.